The summed E-state index contributed by atoms with van der Waals surface area (Å²) in [6.45, 7) is 6.13. The zero-order valence-corrected chi connectivity index (χ0v) is 14.3. The van der Waals surface area contributed by atoms with E-state index in [4.69, 9.17) is 11.6 Å². The molecule has 0 spiro atoms. The minimum atomic E-state index is -3.43. The summed E-state index contributed by atoms with van der Waals surface area (Å²) in [5, 5.41) is 3.76. The third-order valence-electron chi connectivity index (χ3n) is 4.06. The van der Waals surface area contributed by atoms with Gasteiger partial charge in [0.25, 0.3) is 0 Å². The normalized spacial score (nSPS) is 21.8. The Morgan fingerprint density at radius 2 is 2.10 bits per heavy atom. The topological polar surface area (TPSA) is 49.4 Å². The summed E-state index contributed by atoms with van der Waals surface area (Å²) < 4.78 is 26.7. The summed E-state index contributed by atoms with van der Waals surface area (Å²) in [6, 6.07) is 4.92. The monoisotopic (exact) mass is 330 g/mol. The summed E-state index contributed by atoms with van der Waals surface area (Å²) in [7, 11) is -1.78. The van der Waals surface area contributed by atoms with E-state index in [1.165, 1.54) is 4.31 Å². The Morgan fingerprint density at radius 1 is 1.43 bits per heavy atom. The van der Waals surface area contributed by atoms with Crippen molar-refractivity contribution in [2.75, 3.05) is 20.1 Å². The Hall–Kier alpha value is -0.620. The van der Waals surface area contributed by atoms with Gasteiger partial charge in [-0.2, -0.15) is 0 Å². The fourth-order valence-electron chi connectivity index (χ4n) is 2.37. The molecule has 0 bridgehead atoms. The quantitative estimate of drug-likeness (QED) is 0.836. The van der Waals surface area contributed by atoms with Gasteiger partial charge in [-0.15, -0.1) is 0 Å². The first kappa shape index (κ1) is 16.7. The van der Waals surface area contributed by atoms with Crippen molar-refractivity contribution in [3.05, 3.63) is 28.8 Å². The van der Waals surface area contributed by atoms with Crippen LogP contribution in [0.25, 0.3) is 0 Å². The number of rotatable bonds is 7. The van der Waals surface area contributed by atoms with Crippen LogP contribution in [-0.4, -0.2) is 32.9 Å². The molecule has 2 rings (SSSR count). The van der Waals surface area contributed by atoms with Gasteiger partial charge >= 0.3 is 0 Å². The number of sulfonamides is 1. The van der Waals surface area contributed by atoms with Crippen LogP contribution in [0.1, 0.15) is 25.8 Å². The van der Waals surface area contributed by atoms with Crippen LogP contribution in [0.5, 0.6) is 0 Å². The van der Waals surface area contributed by atoms with Crippen LogP contribution in [0.3, 0.4) is 0 Å². The van der Waals surface area contributed by atoms with E-state index >= 15 is 0 Å². The Kier molecular flexibility index (Phi) is 5.30. The molecule has 2 unspecified atom stereocenters. The number of benzene rings is 1. The predicted molar refractivity (Wildman–Crippen MR) is 85.9 cm³/mol. The SMILES string of the molecule is CCNCc1cc(S(=O)(=O)N(C)CC2CC2C)ccc1Cl. The third-order valence-corrected chi connectivity index (χ3v) is 6.25. The van der Waals surface area contributed by atoms with E-state index < -0.39 is 10.0 Å². The molecule has 0 aliphatic heterocycles. The van der Waals surface area contributed by atoms with Crippen LogP contribution in [0.4, 0.5) is 0 Å². The molecule has 0 saturated heterocycles. The van der Waals surface area contributed by atoms with Gasteiger partial charge < -0.3 is 5.32 Å². The molecule has 1 saturated carbocycles. The largest absolute Gasteiger partial charge is 0.313 e. The molecule has 0 amide bonds. The van der Waals surface area contributed by atoms with Crippen LogP contribution in [0.15, 0.2) is 23.1 Å². The molecule has 1 aromatic carbocycles. The number of hydrogen-bond donors (Lipinski definition) is 1. The standard InChI is InChI=1S/C15H23ClN2O2S/c1-4-17-9-12-8-14(5-6-15(12)16)21(19,20)18(3)10-13-7-11(13)2/h5-6,8,11,13,17H,4,7,9-10H2,1-3H3. The Morgan fingerprint density at radius 3 is 2.67 bits per heavy atom. The summed E-state index contributed by atoms with van der Waals surface area (Å²) in [5.41, 5.74) is 0.813. The second-order valence-corrected chi connectivity index (χ2v) is 8.24. The number of hydrogen-bond acceptors (Lipinski definition) is 3. The first-order valence-corrected chi connectivity index (χ1v) is 9.13. The van der Waals surface area contributed by atoms with E-state index in [2.05, 4.69) is 12.2 Å². The molecule has 4 nitrogen and oxygen atoms in total. The van der Waals surface area contributed by atoms with E-state index in [0.29, 0.717) is 34.8 Å². The predicted octanol–water partition coefficient (Wildman–Crippen LogP) is 2.73. The second kappa shape index (κ2) is 6.65. The van der Waals surface area contributed by atoms with Crippen molar-refractivity contribution < 1.29 is 8.42 Å². The van der Waals surface area contributed by atoms with Gasteiger partial charge in [-0.05, 0) is 48.6 Å². The molecule has 1 aromatic rings. The molecule has 0 heterocycles. The maximum atomic E-state index is 12.6. The average Bonchev–Trinajstić information content (AvgIpc) is 3.12. The first-order chi connectivity index (χ1) is 9.86. The lowest BCUT2D eigenvalue weighted by Gasteiger charge is -2.18. The Bertz CT molecular complexity index is 604. The molecule has 6 heteroatoms. The maximum Gasteiger partial charge on any atom is 0.242 e. The van der Waals surface area contributed by atoms with Crippen molar-refractivity contribution >= 4 is 21.6 Å². The molecule has 2 atom stereocenters. The van der Waals surface area contributed by atoms with Gasteiger partial charge in [0.2, 0.25) is 10.0 Å². The molecule has 118 valence electrons. The van der Waals surface area contributed by atoms with Crippen LogP contribution in [0.2, 0.25) is 5.02 Å². The van der Waals surface area contributed by atoms with E-state index in [1.807, 2.05) is 6.92 Å². The third kappa shape index (κ3) is 3.97. The number of halogens is 1. The lowest BCUT2D eigenvalue weighted by Crippen LogP contribution is -2.29. The number of nitrogens with one attached hydrogen (secondary N) is 1. The second-order valence-electron chi connectivity index (χ2n) is 5.79. The lowest BCUT2D eigenvalue weighted by atomic mass is 10.2. The van der Waals surface area contributed by atoms with Crippen LogP contribution in [-0.2, 0) is 16.6 Å². The van der Waals surface area contributed by atoms with Crippen LogP contribution in [0, 0.1) is 11.8 Å². The van der Waals surface area contributed by atoms with Gasteiger partial charge in [0.1, 0.15) is 0 Å². The van der Waals surface area contributed by atoms with Gasteiger partial charge in [0.15, 0.2) is 0 Å². The first-order valence-electron chi connectivity index (χ1n) is 7.31. The van der Waals surface area contributed by atoms with Crippen LogP contribution < -0.4 is 5.32 Å². The minimum absolute atomic E-state index is 0.315. The van der Waals surface area contributed by atoms with Gasteiger partial charge in [-0.25, -0.2) is 12.7 Å². The Balaban J connectivity index is 2.18. The van der Waals surface area contributed by atoms with Gasteiger partial charge in [-0.1, -0.05) is 25.4 Å². The summed E-state index contributed by atoms with van der Waals surface area (Å²) in [4.78, 5) is 0.315. The zero-order valence-electron chi connectivity index (χ0n) is 12.8. The molecule has 0 aromatic heterocycles. The van der Waals surface area contributed by atoms with Crippen molar-refractivity contribution in [3.63, 3.8) is 0 Å². The van der Waals surface area contributed by atoms with Crippen molar-refractivity contribution in [2.45, 2.75) is 31.7 Å². The van der Waals surface area contributed by atoms with E-state index in [1.54, 1.807) is 25.2 Å². The molecule has 1 aliphatic rings. The summed E-state index contributed by atoms with van der Waals surface area (Å²) in [5.74, 6) is 1.13. The average molecular weight is 331 g/mol. The fraction of sp³-hybridized carbons (Fsp3) is 0.600. The van der Waals surface area contributed by atoms with Crippen molar-refractivity contribution in [1.82, 2.24) is 9.62 Å². The van der Waals surface area contributed by atoms with Crippen molar-refractivity contribution in [1.29, 1.82) is 0 Å². The highest BCUT2D eigenvalue weighted by atomic mass is 35.5. The number of nitrogens with zero attached hydrogens (tertiary/aromatic N) is 1. The fourth-order valence-corrected chi connectivity index (χ4v) is 3.83. The molecular formula is C15H23ClN2O2S. The highest BCUT2D eigenvalue weighted by Crippen LogP contribution is 2.38. The van der Waals surface area contributed by atoms with E-state index in [-0.39, 0.29) is 0 Å². The Labute approximate surface area is 132 Å². The van der Waals surface area contributed by atoms with Gasteiger partial charge in [0.05, 0.1) is 4.90 Å². The van der Waals surface area contributed by atoms with Crippen molar-refractivity contribution in [3.8, 4) is 0 Å². The van der Waals surface area contributed by atoms with Crippen molar-refractivity contribution in [2.24, 2.45) is 11.8 Å². The molecule has 1 fully saturated rings. The molecule has 1 aliphatic carbocycles. The van der Waals surface area contributed by atoms with E-state index in [0.717, 1.165) is 18.5 Å². The van der Waals surface area contributed by atoms with Crippen LogP contribution >= 0.6 is 11.6 Å². The van der Waals surface area contributed by atoms with Gasteiger partial charge in [0, 0.05) is 25.2 Å². The highest BCUT2D eigenvalue weighted by molar-refractivity contribution is 7.89. The smallest absolute Gasteiger partial charge is 0.242 e. The molecule has 1 N–H and O–H groups in total. The zero-order chi connectivity index (χ0) is 15.6. The van der Waals surface area contributed by atoms with Gasteiger partial charge in [-0.3, -0.25) is 0 Å². The molecule has 0 radical (unpaired) electrons. The molecule has 21 heavy (non-hydrogen) atoms. The summed E-state index contributed by atoms with van der Waals surface area (Å²) >= 11 is 6.13. The lowest BCUT2D eigenvalue weighted by molar-refractivity contribution is 0.444. The maximum absolute atomic E-state index is 12.6. The highest BCUT2D eigenvalue weighted by Gasteiger charge is 2.36. The molecular weight excluding hydrogens is 308 g/mol. The van der Waals surface area contributed by atoms with E-state index in [9.17, 15) is 8.42 Å². The minimum Gasteiger partial charge on any atom is -0.313 e. The summed E-state index contributed by atoms with van der Waals surface area (Å²) in [6.07, 6.45) is 1.12.